The van der Waals surface area contributed by atoms with Crippen LogP contribution in [0.3, 0.4) is 0 Å². The van der Waals surface area contributed by atoms with Gasteiger partial charge in [0.1, 0.15) is 17.3 Å². The van der Waals surface area contributed by atoms with Crippen LogP contribution in [0.5, 0.6) is 0 Å². The maximum Gasteiger partial charge on any atom is 0.270 e. The van der Waals surface area contributed by atoms with E-state index < -0.39 is 0 Å². The Kier molecular flexibility index (Phi) is 3.16. The second kappa shape index (κ2) is 5.13. The molecular formula is C15H11FN2O2. The largest absolute Gasteiger partial charge is 0.467 e. The molecule has 100 valence electrons. The predicted octanol–water partition coefficient (Wildman–Crippen LogP) is 2.90. The molecule has 2 aromatic heterocycles. The summed E-state index contributed by atoms with van der Waals surface area (Å²) in [6.45, 7) is 0.301. The number of carbonyl (C=O) groups excluding carboxylic acids is 1. The Hall–Kier alpha value is -2.69. The monoisotopic (exact) mass is 270 g/mol. The van der Waals surface area contributed by atoms with Crippen LogP contribution in [0.2, 0.25) is 0 Å². The van der Waals surface area contributed by atoms with Crippen molar-refractivity contribution >= 4 is 16.8 Å². The normalized spacial score (nSPS) is 10.7. The number of benzene rings is 1. The minimum Gasteiger partial charge on any atom is -0.467 e. The van der Waals surface area contributed by atoms with E-state index in [-0.39, 0.29) is 17.4 Å². The summed E-state index contributed by atoms with van der Waals surface area (Å²) in [6, 6.07) is 11.0. The zero-order valence-electron chi connectivity index (χ0n) is 10.5. The molecule has 0 aliphatic rings. The van der Waals surface area contributed by atoms with Crippen LogP contribution in [0.4, 0.5) is 4.39 Å². The summed E-state index contributed by atoms with van der Waals surface area (Å²) in [5.41, 5.74) is 0.868. The molecule has 0 unspecified atom stereocenters. The van der Waals surface area contributed by atoms with Crippen LogP contribution in [0.25, 0.3) is 10.9 Å². The minimum atomic E-state index is -0.325. The Morgan fingerprint density at radius 1 is 1.25 bits per heavy atom. The van der Waals surface area contributed by atoms with Gasteiger partial charge >= 0.3 is 0 Å². The van der Waals surface area contributed by atoms with Crippen molar-refractivity contribution < 1.29 is 13.6 Å². The van der Waals surface area contributed by atoms with Gasteiger partial charge in [0.25, 0.3) is 5.91 Å². The van der Waals surface area contributed by atoms with Crippen molar-refractivity contribution in [2.75, 3.05) is 0 Å². The van der Waals surface area contributed by atoms with E-state index >= 15 is 0 Å². The molecule has 20 heavy (non-hydrogen) atoms. The molecule has 2 heterocycles. The molecule has 0 atom stereocenters. The van der Waals surface area contributed by atoms with Crippen LogP contribution in [0, 0.1) is 5.82 Å². The third-order valence-corrected chi connectivity index (χ3v) is 2.89. The van der Waals surface area contributed by atoms with Gasteiger partial charge in [-0.05, 0) is 36.4 Å². The average Bonchev–Trinajstić information content (AvgIpc) is 2.97. The topological polar surface area (TPSA) is 55.1 Å². The first-order valence-electron chi connectivity index (χ1n) is 6.09. The third kappa shape index (κ3) is 2.51. The minimum absolute atomic E-state index is 0.288. The summed E-state index contributed by atoms with van der Waals surface area (Å²) >= 11 is 0. The molecule has 0 bridgehead atoms. The first-order valence-corrected chi connectivity index (χ1v) is 6.09. The molecule has 0 fully saturated rings. The summed E-state index contributed by atoms with van der Waals surface area (Å²) in [4.78, 5) is 16.2. The van der Waals surface area contributed by atoms with Gasteiger partial charge in [-0.1, -0.05) is 6.07 Å². The van der Waals surface area contributed by atoms with Crippen LogP contribution >= 0.6 is 0 Å². The van der Waals surface area contributed by atoms with Crippen molar-refractivity contribution in [2.24, 2.45) is 0 Å². The van der Waals surface area contributed by atoms with Gasteiger partial charge in [-0.15, -0.1) is 0 Å². The van der Waals surface area contributed by atoms with Crippen LogP contribution in [-0.4, -0.2) is 10.9 Å². The van der Waals surface area contributed by atoms with Crippen molar-refractivity contribution in [3.63, 3.8) is 0 Å². The number of carbonyl (C=O) groups is 1. The molecule has 5 heteroatoms. The molecule has 3 aromatic rings. The average molecular weight is 270 g/mol. The highest BCUT2D eigenvalue weighted by atomic mass is 19.1. The number of rotatable bonds is 3. The summed E-state index contributed by atoms with van der Waals surface area (Å²) in [5.74, 6) is 0.0446. The highest BCUT2D eigenvalue weighted by Crippen LogP contribution is 2.14. The number of amides is 1. The highest BCUT2D eigenvalue weighted by Gasteiger charge is 2.09. The second-order valence-corrected chi connectivity index (χ2v) is 4.30. The molecule has 0 saturated carbocycles. The highest BCUT2D eigenvalue weighted by molar-refractivity contribution is 5.94. The van der Waals surface area contributed by atoms with E-state index in [2.05, 4.69) is 10.3 Å². The number of fused-ring (bicyclic) bond motifs is 1. The molecule has 1 N–H and O–H groups in total. The van der Waals surface area contributed by atoms with E-state index in [0.29, 0.717) is 23.2 Å². The Bertz CT molecular complexity index is 754. The fraction of sp³-hybridized carbons (Fsp3) is 0.0667. The zero-order valence-corrected chi connectivity index (χ0v) is 10.5. The van der Waals surface area contributed by atoms with E-state index in [1.807, 2.05) is 0 Å². The number of furan rings is 1. The fourth-order valence-corrected chi connectivity index (χ4v) is 1.89. The van der Waals surface area contributed by atoms with Crippen LogP contribution in [0.15, 0.2) is 53.1 Å². The third-order valence-electron chi connectivity index (χ3n) is 2.89. The van der Waals surface area contributed by atoms with Gasteiger partial charge in [-0.25, -0.2) is 9.37 Å². The molecular weight excluding hydrogens is 259 g/mol. The lowest BCUT2D eigenvalue weighted by atomic mass is 10.2. The number of pyridine rings is 1. The molecule has 0 saturated heterocycles. The Morgan fingerprint density at radius 3 is 2.95 bits per heavy atom. The number of aromatic nitrogens is 1. The van der Waals surface area contributed by atoms with Gasteiger partial charge < -0.3 is 9.73 Å². The standard InChI is InChI=1S/C15H11FN2O2/c16-11-4-6-13-10(8-11)3-5-14(18-13)15(19)17-9-12-2-1-7-20-12/h1-8H,9H2,(H,17,19). The predicted molar refractivity (Wildman–Crippen MR) is 71.6 cm³/mol. The number of nitrogens with zero attached hydrogens (tertiary/aromatic N) is 1. The molecule has 3 rings (SSSR count). The fourth-order valence-electron chi connectivity index (χ4n) is 1.89. The van der Waals surface area contributed by atoms with Gasteiger partial charge in [-0.3, -0.25) is 4.79 Å². The number of nitrogens with one attached hydrogen (secondary N) is 1. The lowest BCUT2D eigenvalue weighted by Gasteiger charge is -2.04. The van der Waals surface area contributed by atoms with Gasteiger partial charge in [0.15, 0.2) is 0 Å². The van der Waals surface area contributed by atoms with Crippen molar-refractivity contribution in [3.05, 3.63) is 66.0 Å². The number of hydrogen-bond acceptors (Lipinski definition) is 3. The molecule has 0 spiro atoms. The maximum absolute atomic E-state index is 13.1. The Labute approximate surface area is 114 Å². The number of halogens is 1. The van der Waals surface area contributed by atoms with Gasteiger partial charge in [0, 0.05) is 5.39 Å². The van der Waals surface area contributed by atoms with Crippen molar-refractivity contribution in [1.29, 1.82) is 0 Å². The lowest BCUT2D eigenvalue weighted by molar-refractivity contribution is 0.0943. The first-order chi connectivity index (χ1) is 9.72. The molecule has 1 aromatic carbocycles. The van der Waals surface area contributed by atoms with Crippen molar-refractivity contribution in [1.82, 2.24) is 10.3 Å². The number of hydrogen-bond donors (Lipinski definition) is 1. The second-order valence-electron chi connectivity index (χ2n) is 4.30. The smallest absolute Gasteiger partial charge is 0.270 e. The maximum atomic E-state index is 13.1. The van der Waals surface area contributed by atoms with E-state index in [1.165, 1.54) is 12.1 Å². The SMILES string of the molecule is O=C(NCc1ccco1)c1ccc2cc(F)ccc2n1. The Morgan fingerprint density at radius 2 is 2.15 bits per heavy atom. The quantitative estimate of drug-likeness (QED) is 0.796. The van der Waals surface area contributed by atoms with Crippen LogP contribution in [0.1, 0.15) is 16.2 Å². The van der Waals surface area contributed by atoms with E-state index in [0.717, 1.165) is 0 Å². The molecule has 4 nitrogen and oxygen atoms in total. The van der Waals surface area contributed by atoms with Gasteiger partial charge in [-0.2, -0.15) is 0 Å². The Balaban J connectivity index is 1.79. The van der Waals surface area contributed by atoms with E-state index in [9.17, 15) is 9.18 Å². The van der Waals surface area contributed by atoms with Crippen LogP contribution < -0.4 is 5.32 Å². The summed E-state index contributed by atoms with van der Waals surface area (Å²) < 4.78 is 18.2. The summed E-state index contributed by atoms with van der Waals surface area (Å²) in [7, 11) is 0. The summed E-state index contributed by atoms with van der Waals surface area (Å²) in [5, 5.41) is 3.37. The first kappa shape index (κ1) is 12.3. The zero-order chi connectivity index (χ0) is 13.9. The molecule has 0 radical (unpaired) electrons. The van der Waals surface area contributed by atoms with Crippen molar-refractivity contribution in [3.8, 4) is 0 Å². The molecule has 0 aliphatic carbocycles. The lowest BCUT2D eigenvalue weighted by Crippen LogP contribution is -2.23. The molecule has 1 amide bonds. The van der Waals surface area contributed by atoms with Gasteiger partial charge in [0.2, 0.25) is 0 Å². The van der Waals surface area contributed by atoms with Crippen LogP contribution in [-0.2, 0) is 6.54 Å². The van der Waals surface area contributed by atoms with E-state index in [4.69, 9.17) is 4.42 Å². The summed E-state index contributed by atoms with van der Waals surface area (Å²) in [6.07, 6.45) is 1.55. The molecule has 0 aliphatic heterocycles. The van der Waals surface area contributed by atoms with Gasteiger partial charge in [0.05, 0.1) is 18.3 Å². The van der Waals surface area contributed by atoms with E-state index in [1.54, 1.807) is 36.6 Å². The van der Waals surface area contributed by atoms with Crippen molar-refractivity contribution in [2.45, 2.75) is 6.54 Å².